The molecule has 0 radical (unpaired) electrons. The van der Waals surface area contributed by atoms with Crippen LogP contribution in [0.3, 0.4) is 0 Å². The number of carbonyl (C=O) groups excluding carboxylic acids is 1. The summed E-state index contributed by atoms with van der Waals surface area (Å²) >= 11 is 0. The lowest BCUT2D eigenvalue weighted by molar-refractivity contribution is -0.126. The highest BCUT2D eigenvalue weighted by Crippen LogP contribution is 2.40. The van der Waals surface area contributed by atoms with Gasteiger partial charge in [0.1, 0.15) is 17.1 Å². The molecule has 3 aromatic carbocycles. The number of fused-ring (bicyclic) bond motifs is 1. The zero-order valence-electron chi connectivity index (χ0n) is 20.8. The van der Waals surface area contributed by atoms with Crippen LogP contribution in [0.25, 0.3) is 27.7 Å². The number of ether oxygens (including phenoxy) is 1. The first-order chi connectivity index (χ1) is 17.5. The molecule has 1 amide bonds. The van der Waals surface area contributed by atoms with Gasteiger partial charge in [-0.25, -0.2) is 4.39 Å². The van der Waals surface area contributed by atoms with E-state index in [-0.39, 0.29) is 11.7 Å². The molecule has 0 N–H and O–H groups in total. The molecular weight excluding hydrogens is 455 g/mol. The summed E-state index contributed by atoms with van der Waals surface area (Å²) in [6, 6.07) is 18.6. The van der Waals surface area contributed by atoms with Crippen LogP contribution in [0.1, 0.15) is 18.1 Å². The molecular formula is C30H29FN2O3. The summed E-state index contributed by atoms with van der Waals surface area (Å²) in [4.78, 5) is 17.4. The van der Waals surface area contributed by atoms with Crippen molar-refractivity contribution in [3.63, 3.8) is 0 Å². The number of anilines is 1. The number of allylic oxidation sites excluding steroid dienone is 1. The number of furan rings is 1. The van der Waals surface area contributed by atoms with Gasteiger partial charge < -0.3 is 19.0 Å². The second kappa shape index (κ2) is 9.90. The van der Waals surface area contributed by atoms with E-state index in [0.717, 1.165) is 46.3 Å². The predicted octanol–water partition coefficient (Wildman–Crippen LogP) is 6.31. The Balaban J connectivity index is 1.42. The van der Waals surface area contributed by atoms with Gasteiger partial charge in [0, 0.05) is 60.0 Å². The lowest BCUT2D eigenvalue weighted by Gasteiger charge is -2.35. The normalized spacial score (nSPS) is 14.4. The standard InChI is InChI=1S/C30H29FN2O3/c1-20(17-28(34)33-15-13-32(14-16-33)24-7-5-4-6-8-24)25-18-26-27(22-9-11-23(31)12-10-22)19-36-30(26)21(2)29(25)35-3/h4-12,17-19H,13-16H2,1-3H3/b20-17+. The topological polar surface area (TPSA) is 45.9 Å². The maximum atomic E-state index is 13.5. The third-order valence-electron chi connectivity index (χ3n) is 6.88. The fourth-order valence-corrected chi connectivity index (χ4v) is 4.90. The number of para-hydroxylation sites is 1. The Morgan fingerprint density at radius 1 is 1.03 bits per heavy atom. The van der Waals surface area contributed by atoms with Crippen LogP contribution in [0.5, 0.6) is 5.75 Å². The highest BCUT2D eigenvalue weighted by atomic mass is 19.1. The largest absolute Gasteiger partial charge is 0.496 e. The second-order valence-corrected chi connectivity index (χ2v) is 9.09. The van der Waals surface area contributed by atoms with Gasteiger partial charge in [-0.2, -0.15) is 0 Å². The van der Waals surface area contributed by atoms with Crippen LogP contribution in [-0.4, -0.2) is 44.1 Å². The molecule has 2 heterocycles. The van der Waals surface area contributed by atoms with Gasteiger partial charge in [-0.1, -0.05) is 30.3 Å². The number of hydrogen-bond donors (Lipinski definition) is 0. The first-order valence-corrected chi connectivity index (χ1v) is 12.1. The van der Waals surface area contributed by atoms with E-state index >= 15 is 0 Å². The van der Waals surface area contributed by atoms with Crippen molar-refractivity contribution in [3.8, 4) is 16.9 Å². The maximum absolute atomic E-state index is 13.5. The van der Waals surface area contributed by atoms with Gasteiger partial charge >= 0.3 is 0 Å². The summed E-state index contributed by atoms with van der Waals surface area (Å²) in [6.07, 6.45) is 3.38. The Labute approximate surface area is 210 Å². The predicted molar refractivity (Wildman–Crippen MR) is 142 cm³/mol. The molecule has 5 nitrogen and oxygen atoms in total. The van der Waals surface area contributed by atoms with E-state index in [0.29, 0.717) is 24.4 Å². The maximum Gasteiger partial charge on any atom is 0.246 e. The van der Waals surface area contributed by atoms with E-state index in [1.807, 2.05) is 43.0 Å². The number of benzene rings is 3. The van der Waals surface area contributed by atoms with Gasteiger partial charge in [0.2, 0.25) is 5.91 Å². The molecule has 36 heavy (non-hydrogen) atoms. The van der Waals surface area contributed by atoms with Crippen LogP contribution < -0.4 is 9.64 Å². The third-order valence-corrected chi connectivity index (χ3v) is 6.88. The molecule has 0 spiro atoms. The molecule has 1 fully saturated rings. The first kappa shape index (κ1) is 23.7. The Morgan fingerprint density at radius 3 is 2.39 bits per heavy atom. The van der Waals surface area contributed by atoms with Gasteiger partial charge in [0.15, 0.2) is 0 Å². The van der Waals surface area contributed by atoms with Crippen molar-refractivity contribution in [2.75, 3.05) is 38.2 Å². The molecule has 5 rings (SSSR count). The van der Waals surface area contributed by atoms with Gasteiger partial charge in [-0.05, 0) is 55.3 Å². The average molecular weight is 485 g/mol. The zero-order chi connectivity index (χ0) is 25.2. The number of hydrogen-bond acceptors (Lipinski definition) is 4. The van der Waals surface area contributed by atoms with Crippen molar-refractivity contribution in [2.45, 2.75) is 13.8 Å². The molecule has 1 aliphatic heterocycles. The van der Waals surface area contributed by atoms with Crippen molar-refractivity contribution >= 4 is 28.1 Å². The summed E-state index contributed by atoms with van der Waals surface area (Å²) in [5.74, 6) is 0.385. The van der Waals surface area contributed by atoms with E-state index < -0.39 is 0 Å². The number of amides is 1. The monoisotopic (exact) mass is 484 g/mol. The van der Waals surface area contributed by atoms with Crippen LogP contribution in [-0.2, 0) is 4.79 Å². The summed E-state index contributed by atoms with van der Waals surface area (Å²) in [5.41, 5.74) is 6.14. The SMILES string of the molecule is COc1c(/C(C)=C/C(=O)N2CCN(c3ccccc3)CC2)cc2c(-c3ccc(F)cc3)coc2c1C. The number of carbonyl (C=O) groups is 1. The van der Waals surface area contributed by atoms with E-state index in [1.165, 1.54) is 17.8 Å². The zero-order valence-corrected chi connectivity index (χ0v) is 20.8. The summed E-state index contributed by atoms with van der Waals surface area (Å²) in [7, 11) is 1.62. The van der Waals surface area contributed by atoms with Crippen molar-refractivity contribution in [2.24, 2.45) is 0 Å². The number of aryl methyl sites for hydroxylation is 1. The summed E-state index contributed by atoms with van der Waals surface area (Å²) in [6.45, 7) is 6.81. The van der Waals surface area contributed by atoms with Gasteiger partial charge in [-0.15, -0.1) is 0 Å². The summed E-state index contributed by atoms with van der Waals surface area (Å²) < 4.78 is 25.1. The fraction of sp³-hybridized carbons (Fsp3) is 0.233. The molecule has 1 aromatic heterocycles. The van der Waals surface area contributed by atoms with E-state index in [2.05, 4.69) is 17.0 Å². The van der Waals surface area contributed by atoms with Crippen molar-refractivity contribution in [1.82, 2.24) is 4.90 Å². The minimum atomic E-state index is -0.285. The lowest BCUT2D eigenvalue weighted by Crippen LogP contribution is -2.48. The number of piperazine rings is 1. The molecule has 0 saturated carbocycles. The Morgan fingerprint density at radius 2 is 1.72 bits per heavy atom. The molecule has 1 aliphatic rings. The highest BCUT2D eigenvalue weighted by molar-refractivity contribution is 6.01. The molecule has 0 bridgehead atoms. The molecule has 0 unspecified atom stereocenters. The molecule has 0 aliphatic carbocycles. The third kappa shape index (κ3) is 4.47. The molecule has 1 saturated heterocycles. The highest BCUT2D eigenvalue weighted by Gasteiger charge is 2.22. The van der Waals surface area contributed by atoms with E-state index in [9.17, 15) is 9.18 Å². The quantitative estimate of drug-likeness (QED) is 0.312. The average Bonchev–Trinajstić information content (AvgIpc) is 3.34. The number of rotatable bonds is 5. The van der Waals surface area contributed by atoms with Crippen molar-refractivity contribution in [1.29, 1.82) is 0 Å². The first-order valence-electron chi connectivity index (χ1n) is 12.1. The van der Waals surface area contributed by atoms with Crippen molar-refractivity contribution in [3.05, 3.63) is 89.9 Å². The van der Waals surface area contributed by atoms with Gasteiger partial charge in [-0.3, -0.25) is 4.79 Å². The van der Waals surface area contributed by atoms with Crippen LogP contribution in [0.15, 0.2) is 77.4 Å². The number of nitrogens with zero attached hydrogens (tertiary/aromatic N) is 2. The number of methoxy groups -OCH3 is 1. The minimum Gasteiger partial charge on any atom is -0.496 e. The van der Waals surface area contributed by atoms with Crippen LogP contribution in [0.2, 0.25) is 0 Å². The second-order valence-electron chi connectivity index (χ2n) is 9.09. The van der Waals surface area contributed by atoms with Crippen molar-refractivity contribution < 1.29 is 18.3 Å². The van der Waals surface area contributed by atoms with Gasteiger partial charge in [0.25, 0.3) is 0 Å². The number of halogens is 1. The molecule has 0 atom stereocenters. The fourth-order valence-electron chi connectivity index (χ4n) is 4.90. The van der Waals surface area contributed by atoms with Gasteiger partial charge in [0.05, 0.1) is 13.4 Å². The molecule has 184 valence electrons. The van der Waals surface area contributed by atoms with Crippen LogP contribution in [0, 0.1) is 12.7 Å². The van der Waals surface area contributed by atoms with Crippen LogP contribution >= 0.6 is 0 Å². The van der Waals surface area contributed by atoms with E-state index in [1.54, 1.807) is 31.6 Å². The lowest BCUT2D eigenvalue weighted by atomic mass is 9.96. The Kier molecular flexibility index (Phi) is 6.51. The molecule has 4 aromatic rings. The van der Waals surface area contributed by atoms with Crippen LogP contribution in [0.4, 0.5) is 10.1 Å². The van der Waals surface area contributed by atoms with E-state index in [4.69, 9.17) is 9.15 Å². The Hall–Kier alpha value is -4.06. The minimum absolute atomic E-state index is 0.00836. The summed E-state index contributed by atoms with van der Waals surface area (Å²) in [5, 5.41) is 0.895. The smallest absolute Gasteiger partial charge is 0.246 e. The molecule has 6 heteroatoms. The Bertz CT molecular complexity index is 1420.